The highest BCUT2D eigenvalue weighted by molar-refractivity contribution is 9.11. The lowest BCUT2D eigenvalue weighted by atomic mass is 9.91. The van der Waals surface area contributed by atoms with E-state index in [-0.39, 0.29) is 5.41 Å². The van der Waals surface area contributed by atoms with Crippen LogP contribution in [0.1, 0.15) is 18.7 Å². The van der Waals surface area contributed by atoms with Gasteiger partial charge in [0.05, 0.1) is 15.3 Å². The Labute approximate surface area is 85.2 Å². The van der Waals surface area contributed by atoms with Gasteiger partial charge in [0, 0.05) is 4.88 Å². The van der Waals surface area contributed by atoms with E-state index in [1.165, 1.54) is 4.88 Å². The van der Waals surface area contributed by atoms with Crippen LogP contribution in [0.2, 0.25) is 0 Å². The molecule has 0 aliphatic heterocycles. The molecule has 0 saturated heterocycles. The van der Waals surface area contributed by atoms with E-state index in [0.717, 1.165) is 10.2 Å². The van der Waals surface area contributed by atoms with Crippen LogP contribution in [0.15, 0.2) is 15.9 Å². The van der Waals surface area contributed by atoms with Gasteiger partial charge in [-0.3, -0.25) is 0 Å². The second-order valence-corrected chi connectivity index (χ2v) is 5.93. The Morgan fingerprint density at radius 2 is 2.25 bits per heavy atom. The zero-order chi connectivity index (χ0) is 9.19. The quantitative estimate of drug-likeness (QED) is 0.779. The molecule has 0 aromatic carbocycles. The molecule has 1 nitrogen and oxygen atoms in total. The lowest BCUT2D eigenvalue weighted by Gasteiger charge is -2.12. The van der Waals surface area contributed by atoms with Crippen molar-refractivity contribution in [2.75, 3.05) is 0 Å². The maximum atomic E-state index is 8.81. The monoisotopic (exact) mass is 243 g/mol. The highest BCUT2D eigenvalue weighted by Crippen LogP contribution is 2.28. The van der Waals surface area contributed by atoms with E-state index in [0.29, 0.717) is 0 Å². The summed E-state index contributed by atoms with van der Waals surface area (Å²) in [6, 6.07) is 6.38. The van der Waals surface area contributed by atoms with Crippen molar-refractivity contribution >= 4 is 27.3 Å². The number of nitriles is 1. The third kappa shape index (κ3) is 2.62. The summed E-state index contributed by atoms with van der Waals surface area (Å²) in [4.78, 5) is 1.26. The smallest absolute Gasteiger partial charge is 0.0701 e. The summed E-state index contributed by atoms with van der Waals surface area (Å²) >= 11 is 5.09. The van der Waals surface area contributed by atoms with Crippen LogP contribution < -0.4 is 0 Å². The second-order valence-electron chi connectivity index (χ2n) is 3.38. The minimum atomic E-state index is -0.246. The van der Waals surface area contributed by atoms with Crippen molar-refractivity contribution in [3.05, 3.63) is 20.8 Å². The molecule has 0 atom stereocenters. The lowest BCUT2D eigenvalue weighted by molar-refractivity contribution is 0.498. The fraction of sp³-hybridized carbons (Fsp3) is 0.444. The Morgan fingerprint density at radius 1 is 1.58 bits per heavy atom. The molecule has 0 aliphatic carbocycles. The first-order chi connectivity index (χ1) is 5.53. The molecule has 0 spiro atoms. The van der Waals surface area contributed by atoms with Crippen LogP contribution in [0.4, 0.5) is 0 Å². The number of hydrogen-bond acceptors (Lipinski definition) is 2. The van der Waals surface area contributed by atoms with Crippen LogP contribution in [0.25, 0.3) is 0 Å². The first kappa shape index (κ1) is 9.76. The van der Waals surface area contributed by atoms with Crippen molar-refractivity contribution in [3.63, 3.8) is 0 Å². The minimum Gasteiger partial charge on any atom is -0.198 e. The predicted molar refractivity (Wildman–Crippen MR) is 55.1 cm³/mol. The molecule has 1 rings (SSSR count). The Kier molecular flexibility index (Phi) is 2.92. The number of thiophene rings is 1. The van der Waals surface area contributed by atoms with Crippen LogP contribution in [0.5, 0.6) is 0 Å². The van der Waals surface area contributed by atoms with Crippen molar-refractivity contribution in [1.29, 1.82) is 5.26 Å². The van der Waals surface area contributed by atoms with Crippen LogP contribution in [0, 0.1) is 16.7 Å². The standard InChI is InChI=1S/C9H10BrNS/c1-9(2,6-11)5-7-3-4-8(10)12-7/h3-4H,5H2,1-2H3. The van der Waals surface area contributed by atoms with Gasteiger partial charge in [-0.1, -0.05) is 0 Å². The molecular formula is C9H10BrNS. The summed E-state index contributed by atoms with van der Waals surface area (Å²) in [5, 5.41) is 8.81. The SMILES string of the molecule is CC(C)(C#N)Cc1ccc(Br)s1. The van der Waals surface area contributed by atoms with E-state index < -0.39 is 0 Å². The zero-order valence-corrected chi connectivity index (χ0v) is 9.50. The Morgan fingerprint density at radius 3 is 2.67 bits per heavy atom. The van der Waals surface area contributed by atoms with Gasteiger partial charge >= 0.3 is 0 Å². The highest BCUT2D eigenvalue weighted by atomic mass is 79.9. The van der Waals surface area contributed by atoms with Crippen LogP contribution in [0.3, 0.4) is 0 Å². The Balaban J connectivity index is 2.72. The van der Waals surface area contributed by atoms with Crippen molar-refractivity contribution < 1.29 is 0 Å². The van der Waals surface area contributed by atoms with Gasteiger partial charge in [0.2, 0.25) is 0 Å². The number of hydrogen-bond donors (Lipinski definition) is 0. The molecule has 0 N–H and O–H groups in total. The molecule has 1 aromatic rings. The molecule has 0 radical (unpaired) electrons. The predicted octanol–water partition coefficient (Wildman–Crippen LogP) is 3.60. The maximum Gasteiger partial charge on any atom is 0.0701 e. The Bertz CT molecular complexity index is 309. The third-order valence-electron chi connectivity index (χ3n) is 1.55. The first-order valence-electron chi connectivity index (χ1n) is 3.69. The van der Waals surface area contributed by atoms with Gasteiger partial charge in [0.25, 0.3) is 0 Å². The molecule has 0 fully saturated rings. The molecule has 0 saturated carbocycles. The van der Waals surface area contributed by atoms with Crippen molar-refractivity contribution in [2.45, 2.75) is 20.3 Å². The average molecular weight is 244 g/mol. The van der Waals surface area contributed by atoms with E-state index in [2.05, 4.69) is 28.1 Å². The van der Waals surface area contributed by atoms with E-state index >= 15 is 0 Å². The molecular weight excluding hydrogens is 234 g/mol. The van der Waals surface area contributed by atoms with E-state index in [1.54, 1.807) is 11.3 Å². The number of rotatable bonds is 2. The number of halogens is 1. The van der Waals surface area contributed by atoms with Gasteiger partial charge < -0.3 is 0 Å². The largest absolute Gasteiger partial charge is 0.198 e. The van der Waals surface area contributed by atoms with Crippen molar-refractivity contribution in [2.24, 2.45) is 5.41 Å². The molecule has 0 amide bonds. The summed E-state index contributed by atoms with van der Waals surface area (Å²) in [6.45, 7) is 3.92. The highest BCUT2D eigenvalue weighted by Gasteiger charge is 2.17. The van der Waals surface area contributed by atoms with Gasteiger partial charge in [-0.05, 0) is 48.3 Å². The molecule has 0 unspecified atom stereocenters. The fourth-order valence-electron chi connectivity index (χ4n) is 0.922. The number of nitrogens with zero attached hydrogens (tertiary/aromatic N) is 1. The van der Waals surface area contributed by atoms with Gasteiger partial charge in [-0.2, -0.15) is 5.26 Å². The average Bonchev–Trinajstić information content (AvgIpc) is 2.35. The molecule has 1 aromatic heterocycles. The van der Waals surface area contributed by atoms with E-state index in [1.807, 2.05) is 19.9 Å². The summed E-state index contributed by atoms with van der Waals surface area (Å²) in [5.41, 5.74) is -0.246. The molecule has 0 aliphatic rings. The Hall–Kier alpha value is -0.330. The molecule has 64 valence electrons. The normalized spacial score (nSPS) is 11.2. The molecule has 1 heterocycles. The summed E-state index contributed by atoms with van der Waals surface area (Å²) in [7, 11) is 0. The van der Waals surface area contributed by atoms with Crippen molar-refractivity contribution in [1.82, 2.24) is 0 Å². The minimum absolute atomic E-state index is 0.246. The second kappa shape index (κ2) is 3.59. The molecule has 3 heteroatoms. The van der Waals surface area contributed by atoms with Crippen LogP contribution >= 0.6 is 27.3 Å². The fourth-order valence-corrected chi connectivity index (χ4v) is 2.63. The van der Waals surface area contributed by atoms with E-state index in [4.69, 9.17) is 5.26 Å². The zero-order valence-electron chi connectivity index (χ0n) is 7.10. The lowest BCUT2D eigenvalue weighted by Crippen LogP contribution is -2.10. The summed E-state index contributed by atoms with van der Waals surface area (Å²) < 4.78 is 1.13. The maximum absolute atomic E-state index is 8.81. The van der Waals surface area contributed by atoms with E-state index in [9.17, 15) is 0 Å². The molecule has 0 bridgehead atoms. The van der Waals surface area contributed by atoms with Gasteiger partial charge in [-0.25, -0.2) is 0 Å². The van der Waals surface area contributed by atoms with Crippen LogP contribution in [-0.4, -0.2) is 0 Å². The van der Waals surface area contributed by atoms with Gasteiger partial charge in [-0.15, -0.1) is 11.3 Å². The third-order valence-corrected chi connectivity index (χ3v) is 3.17. The van der Waals surface area contributed by atoms with Gasteiger partial charge in [0.15, 0.2) is 0 Å². The van der Waals surface area contributed by atoms with Crippen molar-refractivity contribution in [3.8, 4) is 6.07 Å². The topological polar surface area (TPSA) is 23.8 Å². The first-order valence-corrected chi connectivity index (χ1v) is 5.30. The molecule has 12 heavy (non-hydrogen) atoms. The van der Waals surface area contributed by atoms with Crippen LogP contribution in [-0.2, 0) is 6.42 Å². The summed E-state index contributed by atoms with van der Waals surface area (Å²) in [5.74, 6) is 0. The van der Waals surface area contributed by atoms with Gasteiger partial charge in [0.1, 0.15) is 0 Å². The summed E-state index contributed by atoms with van der Waals surface area (Å²) in [6.07, 6.45) is 0.833.